The molecule has 0 radical (unpaired) electrons. The molecule has 27 heavy (non-hydrogen) atoms. The molecule has 1 amide bonds. The van der Waals surface area contributed by atoms with Crippen molar-refractivity contribution in [2.75, 3.05) is 32.8 Å². The normalized spacial score (nSPS) is 15.6. The number of benzene rings is 2. The van der Waals surface area contributed by atoms with E-state index in [1.807, 2.05) is 31.2 Å². The highest BCUT2D eigenvalue weighted by Crippen LogP contribution is 2.21. The molecule has 144 valence electrons. The summed E-state index contributed by atoms with van der Waals surface area (Å²) in [6.45, 7) is 3.14. The zero-order valence-electron chi connectivity index (χ0n) is 15.0. The van der Waals surface area contributed by atoms with Crippen LogP contribution in [0.2, 0.25) is 0 Å². The van der Waals surface area contributed by atoms with Crippen LogP contribution < -0.4 is 4.74 Å². The minimum absolute atomic E-state index is 0.0537. The van der Waals surface area contributed by atoms with Gasteiger partial charge in [-0.15, -0.1) is 0 Å². The van der Waals surface area contributed by atoms with Crippen molar-refractivity contribution in [3.8, 4) is 5.75 Å². The highest BCUT2D eigenvalue weighted by molar-refractivity contribution is 9.10. The molecule has 0 bridgehead atoms. The molecule has 3 rings (SSSR count). The Kier molecular flexibility index (Phi) is 6.18. The lowest BCUT2D eigenvalue weighted by molar-refractivity contribution is -0.134. The predicted molar refractivity (Wildman–Crippen MR) is 106 cm³/mol. The number of piperazine rings is 1. The second-order valence-corrected chi connectivity index (χ2v) is 9.20. The fourth-order valence-electron chi connectivity index (χ4n) is 2.90. The summed E-state index contributed by atoms with van der Waals surface area (Å²) in [5.74, 6) is 0.509. The molecule has 2 aromatic rings. The number of carbonyl (C=O) groups excluding carboxylic acids is 1. The van der Waals surface area contributed by atoms with E-state index in [2.05, 4.69) is 15.9 Å². The van der Waals surface area contributed by atoms with Crippen LogP contribution in [0.4, 0.5) is 0 Å². The van der Waals surface area contributed by atoms with E-state index in [0.717, 1.165) is 5.56 Å². The Morgan fingerprint density at radius 2 is 1.78 bits per heavy atom. The van der Waals surface area contributed by atoms with Gasteiger partial charge in [0, 0.05) is 30.7 Å². The third-order valence-electron chi connectivity index (χ3n) is 4.38. The minimum Gasteiger partial charge on any atom is -0.484 e. The summed E-state index contributed by atoms with van der Waals surface area (Å²) >= 11 is 3.30. The van der Waals surface area contributed by atoms with Gasteiger partial charge in [0.15, 0.2) is 6.61 Å². The molecule has 0 aliphatic carbocycles. The van der Waals surface area contributed by atoms with Gasteiger partial charge in [-0.25, -0.2) is 8.42 Å². The first kappa shape index (κ1) is 19.9. The maximum absolute atomic E-state index is 12.7. The van der Waals surface area contributed by atoms with E-state index in [1.54, 1.807) is 29.2 Å². The van der Waals surface area contributed by atoms with Crippen molar-refractivity contribution >= 4 is 31.9 Å². The quantitative estimate of drug-likeness (QED) is 0.699. The van der Waals surface area contributed by atoms with Gasteiger partial charge in [0.2, 0.25) is 10.0 Å². The number of aryl methyl sites for hydroxylation is 1. The summed E-state index contributed by atoms with van der Waals surface area (Å²) in [5, 5.41) is 0. The Morgan fingerprint density at radius 1 is 1.07 bits per heavy atom. The average Bonchev–Trinajstić information content (AvgIpc) is 2.66. The third kappa shape index (κ3) is 4.88. The molecule has 2 aromatic carbocycles. The van der Waals surface area contributed by atoms with Crippen LogP contribution in [0.3, 0.4) is 0 Å². The third-order valence-corrected chi connectivity index (χ3v) is 6.76. The lowest BCUT2D eigenvalue weighted by Gasteiger charge is -2.34. The SMILES string of the molecule is Cc1cccc(OCC(=O)N2CCN(S(=O)(=O)c3cccc(Br)c3)CC2)c1. The fraction of sp³-hybridized carbons (Fsp3) is 0.316. The number of rotatable bonds is 5. The minimum atomic E-state index is -3.56. The number of carbonyl (C=O) groups is 1. The highest BCUT2D eigenvalue weighted by Gasteiger charge is 2.30. The zero-order chi connectivity index (χ0) is 19.4. The molecule has 0 N–H and O–H groups in total. The van der Waals surface area contributed by atoms with E-state index in [9.17, 15) is 13.2 Å². The van der Waals surface area contributed by atoms with Gasteiger partial charge in [-0.2, -0.15) is 4.31 Å². The van der Waals surface area contributed by atoms with E-state index in [0.29, 0.717) is 23.3 Å². The van der Waals surface area contributed by atoms with Crippen LogP contribution in [0.1, 0.15) is 5.56 Å². The first-order valence-corrected chi connectivity index (χ1v) is 10.8. The number of halogens is 1. The molecule has 0 aromatic heterocycles. The molecule has 1 fully saturated rings. The molecule has 0 unspecified atom stereocenters. The maximum atomic E-state index is 12.7. The molecule has 0 atom stereocenters. The Morgan fingerprint density at radius 3 is 2.44 bits per heavy atom. The Balaban J connectivity index is 1.56. The summed E-state index contributed by atoms with van der Waals surface area (Å²) in [4.78, 5) is 14.2. The largest absolute Gasteiger partial charge is 0.484 e. The van der Waals surface area contributed by atoms with Crippen LogP contribution in [-0.4, -0.2) is 56.3 Å². The van der Waals surface area contributed by atoms with E-state index < -0.39 is 10.0 Å². The number of hydrogen-bond acceptors (Lipinski definition) is 4. The average molecular weight is 453 g/mol. The second-order valence-electron chi connectivity index (χ2n) is 6.35. The van der Waals surface area contributed by atoms with Gasteiger partial charge in [0.1, 0.15) is 5.75 Å². The number of hydrogen-bond donors (Lipinski definition) is 0. The van der Waals surface area contributed by atoms with Gasteiger partial charge in [-0.1, -0.05) is 34.1 Å². The van der Waals surface area contributed by atoms with Crippen LogP contribution in [0.25, 0.3) is 0 Å². The molecule has 1 heterocycles. The van der Waals surface area contributed by atoms with E-state index in [4.69, 9.17) is 4.74 Å². The topological polar surface area (TPSA) is 66.9 Å². The van der Waals surface area contributed by atoms with Crippen LogP contribution in [0.5, 0.6) is 5.75 Å². The summed E-state index contributed by atoms with van der Waals surface area (Å²) in [7, 11) is -3.56. The summed E-state index contributed by atoms with van der Waals surface area (Å²) in [6.07, 6.45) is 0. The first-order chi connectivity index (χ1) is 12.9. The number of sulfonamides is 1. The number of amides is 1. The van der Waals surface area contributed by atoms with E-state index in [-0.39, 0.29) is 30.5 Å². The molecular weight excluding hydrogens is 432 g/mol. The Bertz CT molecular complexity index is 925. The van der Waals surface area contributed by atoms with Crippen molar-refractivity contribution in [2.24, 2.45) is 0 Å². The van der Waals surface area contributed by atoms with Crippen LogP contribution >= 0.6 is 15.9 Å². The lowest BCUT2D eigenvalue weighted by atomic mass is 10.2. The molecule has 6 nitrogen and oxygen atoms in total. The molecular formula is C19H21BrN2O4S. The van der Waals surface area contributed by atoms with E-state index >= 15 is 0 Å². The standard InChI is InChI=1S/C19H21BrN2O4S/c1-15-4-2-6-17(12-15)26-14-19(23)21-8-10-22(11-9-21)27(24,25)18-7-3-5-16(20)13-18/h2-7,12-13H,8-11,14H2,1H3. The molecule has 1 aliphatic rings. The number of nitrogens with zero attached hydrogens (tertiary/aromatic N) is 2. The molecule has 1 saturated heterocycles. The fourth-order valence-corrected chi connectivity index (χ4v) is 4.92. The van der Waals surface area contributed by atoms with E-state index in [1.165, 1.54) is 4.31 Å². The monoisotopic (exact) mass is 452 g/mol. The van der Waals surface area contributed by atoms with Crippen LogP contribution in [0, 0.1) is 6.92 Å². The van der Waals surface area contributed by atoms with Crippen molar-refractivity contribution in [3.05, 3.63) is 58.6 Å². The zero-order valence-corrected chi connectivity index (χ0v) is 17.4. The van der Waals surface area contributed by atoms with Crippen molar-refractivity contribution in [2.45, 2.75) is 11.8 Å². The number of ether oxygens (including phenoxy) is 1. The van der Waals surface area contributed by atoms with Gasteiger partial charge in [0.05, 0.1) is 4.90 Å². The van der Waals surface area contributed by atoms with Gasteiger partial charge in [-0.3, -0.25) is 4.79 Å². The van der Waals surface area contributed by atoms with Gasteiger partial charge in [-0.05, 0) is 42.8 Å². The first-order valence-electron chi connectivity index (χ1n) is 8.59. The Labute approximate surface area is 167 Å². The van der Waals surface area contributed by atoms with Crippen molar-refractivity contribution in [3.63, 3.8) is 0 Å². The smallest absolute Gasteiger partial charge is 0.260 e. The summed E-state index contributed by atoms with van der Waals surface area (Å²) in [5.41, 5.74) is 1.06. The molecule has 0 spiro atoms. The van der Waals surface area contributed by atoms with Gasteiger partial charge in [0.25, 0.3) is 5.91 Å². The Hall–Kier alpha value is -1.90. The van der Waals surface area contributed by atoms with Crippen molar-refractivity contribution in [1.82, 2.24) is 9.21 Å². The van der Waals surface area contributed by atoms with Crippen LogP contribution in [0.15, 0.2) is 57.9 Å². The molecule has 0 saturated carbocycles. The highest BCUT2D eigenvalue weighted by atomic mass is 79.9. The lowest BCUT2D eigenvalue weighted by Crippen LogP contribution is -2.51. The van der Waals surface area contributed by atoms with Crippen LogP contribution in [-0.2, 0) is 14.8 Å². The summed E-state index contributed by atoms with van der Waals surface area (Å²) in [6, 6.07) is 14.2. The predicted octanol–water partition coefficient (Wildman–Crippen LogP) is 2.67. The van der Waals surface area contributed by atoms with Gasteiger partial charge < -0.3 is 9.64 Å². The summed E-state index contributed by atoms with van der Waals surface area (Å²) < 4.78 is 33.2. The molecule has 1 aliphatic heterocycles. The van der Waals surface area contributed by atoms with Crippen molar-refractivity contribution < 1.29 is 17.9 Å². The maximum Gasteiger partial charge on any atom is 0.260 e. The molecule has 8 heteroatoms. The second kappa shape index (κ2) is 8.41. The van der Waals surface area contributed by atoms with Gasteiger partial charge >= 0.3 is 0 Å². The van der Waals surface area contributed by atoms with Crippen molar-refractivity contribution in [1.29, 1.82) is 0 Å².